The van der Waals surface area contributed by atoms with Crippen LogP contribution < -0.4 is 10.6 Å². The summed E-state index contributed by atoms with van der Waals surface area (Å²) < 4.78 is 0. The van der Waals surface area contributed by atoms with Gasteiger partial charge in [-0.15, -0.1) is 11.3 Å². The number of rotatable bonds is 6. The minimum Gasteiger partial charge on any atom is -0.388 e. The SMILES string of the molecule is O=C(NCCc1csc(-c2ccccc2)n1)NCC1(O)CCC1. The average molecular weight is 331 g/mol. The number of hydrogen-bond acceptors (Lipinski definition) is 4. The lowest BCUT2D eigenvalue weighted by Crippen LogP contribution is -2.50. The lowest BCUT2D eigenvalue weighted by atomic mass is 9.80. The molecule has 1 aromatic carbocycles. The summed E-state index contributed by atoms with van der Waals surface area (Å²) in [5.41, 5.74) is 1.41. The summed E-state index contributed by atoms with van der Waals surface area (Å²) in [4.78, 5) is 16.3. The van der Waals surface area contributed by atoms with Crippen molar-refractivity contribution in [3.8, 4) is 10.6 Å². The third-order valence-corrected chi connectivity index (χ3v) is 5.04. The second-order valence-electron chi connectivity index (χ2n) is 5.95. The van der Waals surface area contributed by atoms with Gasteiger partial charge >= 0.3 is 6.03 Å². The zero-order valence-corrected chi connectivity index (χ0v) is 13.7. The van der Waals surface area contributed by atoms with E-state index < -0.39 is 5.60 Å². The van der Waals surface area contributed by atoms with Crippen LogP contribution in [0, 0.1) is 0 Å². The number of amides is 2. The highest BCUT2D eigenvalue weighted by atomic mass is 32.1. The molecule has 6 heteroatoms. The normalized spacial score (nSPS) is 15.7. The molecule has 0 saturated heterocycles. The van der Waals surface area contributed by atoms with Crippen LogP contribution in [0.4, 0.5) is 4.79 Å². The summed E-state index contributed by atoms with van der Waals surface area (Å²) in [5.74, 6) is 0. The third kappa shape index (κ3) is 4.30. The molecule has 122 valence electrons. The highest BCUT2D eigenvalue weighted by Crippen LogP contribution is 2.30. The van der Waals surface area contributed by atoms with Crippen molar-refractivity contribution in [3.05, 3.63) is 41.4 Å². The molecule has 5 nitrogen and oxygen atoms in total. The van der Waals surface area contributed by atoms with Crippen molar-refractivity contribution < 1.29 is 9.90 Å². The lowest BCUT2D eigenvalue weighted by molar-refractivity contribution is -0.0290. The number of aromatic nitrogens is 1. The van der Waals surface area contributed by atoms with Crippen LogP contribution in [0.3, 0.4) is 0 Å². The molecule has 1 aliphatic rings. The highest BCUT2D eigenvalue weighted by Gasteiger charge is 2.34. The average Bonchev–Trinajstić information content (AvgIpc) is 3.01. The monoisotopic (exact) mass is 331 g/mol. The molecular formula is C17H21N3O2S. The maximum Gasteiger partial charge on any atom is 0.314 e. The Labute approximate surface area is 139 Å². The van der Waals surface area contributed by atoms with Crippen molar-refractivity contribution in [3.63, 3.8) is 0 Å². The van der Waals surface area contributed by atoms with Crippen molar-refractivity contribution in [1.82, 2.24) is 15.6 Å². The van der Waals surface area contributed by atoms with E-state index in [0.29, 0.717) is 19.5 Å². The van der Waals surface area contributed by atoms with Crippen LogP contribution in [0.2, 0.25) is 0 Å². The van der Waals surface area contributed by atoms with Gasteiger partial charge < -0.3 is 15.7 Å². The fourth-order valence-electron chi connectivity index (χ4n) is 2.51. The Hall–Kier alpha value is -1.92. The summed E-state index contributed by atoms with van der Waals surface area (Å²) in [5, 5.41) is 18.5. The number of carbonyl (C=O) groups excluding carboxylic acids is 1. The number of benzene rings is 1. The predicted octanol–water partition coefficient (Wildman–Crippen LogP) is 2.57. The quantitative estimate of drug-likeness (QED) is 0.761. The topological polar surface area (TPSA) is 74.2 Å². The summed E-state index contributed by atoms with van der Waals surface area (Å²) in [7, 11) is 0. The molecule has 3 rings (SSSR count). The number of urea groups is 1. The molecule has 1 aliphatic carbocycles. The molecule has 2 aromatic rings. The van der Waals surface area contributed by atoms with E-state index in [2.05, 4.69) is 15.6 Å². The lowest BCUT2D eigenvalue weighted by Gasteiger charge is -2.36. The molecular weight excluding hydrogens is 310 g/mol. The van der Waals surface area contributed by atoms with E-state index in [1.807, 2.05) is 35.7 Å². The first-order valence-electron chi connectivity index (χ1n) is 7.89. The Bertz CT molecular complexity index is 653. The van der Waals surface area contributed by atoms with Crippen LogP contribution in [-0.4, -0.2) is 34.8 Å². The Morgan fingerprint density at radius 2 is 2.04 bits per heavy atom. The van der Waals surface area contributed by atoms with Crippen LogP contribution in [0.1, 0.15) is 25.0 Å². The molecule has 1 saturated carbocycles. The van der Waals surface area contributed by atoms with Crippen molar-refractivity contribution in [2.75, 3.05) is 13.1 Å². The fourth-order valence-corrected chi connectivity index (χ4v) is 3.37. The van der Waals surface area contributed by atoms with Gasteiger partial charge in [0.05, 0.1) is 11.3 Å². The molecule has 0 spiro atoms. The largest absolute Gasteiger partial charge is 0.388 e. The molecule has 0 atom stereocenters. The van der Waals surface area contributed by atoms with Gasteiger partial charge in [0, 0.05) is 30.5 Å². The number of nitrogens with one attached hydrogen (secondary N) is 2. The summed E-state index contributed by atoms with van der Waals surface area (Å²) in [6, 6.07) is 9.83. The Morgan fingerprint density at radius 1 is 1.26 bits per heavy atom. The van der Waals surface area contributed by atoms with E-state index in [-0.39, 0.29) is 6.03 Å². The van der Waals surface area contributed by atoms with Gasteiger partial charge in [0.2, 0.25) is 0 Å². The van der Waals surface area contributed by atoms with Crippen molar-refractivity contribution >= 4 is 17.4 Å². The summed E-state index contributed by atoms with van der Waals surface area (Å²) in [6.45, 7) is 0.857. The number of nitrogens with zero attached hydrogens (tertiary/aromatic N) is 1. The highest BCUT2D eigenvalue weighted by molar-refractivity contribution is 7.13. The number of hydrogen-bond donors (Lipinski definition) is 3. The van der Waals surface area contributed by atoms with E-state index in [0.717, 1.165) is 35.5 Å². The number of aliphatic hydroxyl groups is 1. The molecule has 0 bridgehead atoms. The van der Waals surface area contributed by atoms with Crippen LogP contribution >= 0.6 is 11.3 Å². The second kappa shape index (κ2) is 7.10. The van der Waals surface area contributed by atoms with E-state index in [1.165, 1.54) is 0 Å². The van der Waals surface area contributed by atoms with E-state index >= 15 is 0 Å². The Kier molecular flexibility index (Phi) is 4.93. The smallest absolute Gasteiger partial charge is 0.314 e. The summed E-state index contributed by atoms with van der Waals surface area (Å²) in [6.07, 6.45) is 3.27. The van der Waals surface area contributed by atoms with Gasteiger partial charge in [0.1, 0.15) is 5.01 Å². The van der Waals surface area contributed by atoms with Crippen LogP contribution in [-0.2, 0) is 6.42 Å². The van der Waals surface area contributed by atoms with Gasteiger partial charge in [0.25, 0.3) is 0 Å². The minimum atomic E-state index is -0.684. The van der Waals surface area contributed by atoms with Gasteiger partial charge in [0.15, 0.2) is 0 Å². The standard InChI is InChI=1S/C17H21N3O2S/c21-16(19-12-17(22)8-4-9-17)18-10-7-14-11-23-15(20-14)13-5-2-1-3-6-13/h1-3,5-6,11,22H,4,7-10,12H2,(H2,18,19,21). The molecule has 0 radical (unpaired) electrons. The number of carbonyl (C=O) groups is 1. The van der Waals surface area contributed by atoms with Gasteiger partial charge in [-0.3, -0.25) is 0 Å². The minimum absolute atomic E-state index is 0.233. The third-order valence-electron chi connectivity index (χ3n) is 4.10. The first-order valence-corrected chi connectivity index (χ1v) is 8.77. The Morgan fingerprint density at radius 3 is 2.74 bits per heavy atom. The first kappa shape index (κ1) is 16.0. The number of thiazole rings is 1. The zero-order chi connectivity index (χ0) is 16.1. The first-order chi connectivity index (χ1) is 11.1. The van der Waals surface area contributed by atoms with Crippen LogP contribution in [0.25, 0.3) is 10.6 Å². The van der Waals surface area contributed by atoms with Crippen LogP contribution in [0.5, 0.6) is 0 Å². The molecule has 2 amide bonds. The van der Waals surface area contributed by atoms with Gasteiger partial charge in [-0.2, -0.15) is 0 Å². The molecule has 3 N–H and O–H groups in total. The van der Waals surface area contributed by atoms with E-state index in [4.69, 9.17) is 0 Å². The van der Waals surface area contributed by atoms with E-state index in [1.54, 1.807) is 11.3 Å². The van der Waals surface area contributed by atoms with Gasteiger partial charge in [-0.1, -0.05) is 30.3 Å². The summed E-state index contributed by atoms with van der Waals surface area (Å²) >= 11 is 1.61. The Balaban J connectivity index is 1.40. The molecule has 0 unspecified atom stereocenters. The molecule has 0 aliphatic heterocycles. The molecule has 23 heavy (non-hydrogen) atoms. The van der Waals surface area contributed by atoms with E-state index in [9.17, 15) is 9.90 Å². The second-order valence-corrected chi connectivity index (χ2v) is 6.81. The molecule has 1 aromatic heterocycles. The maximum atomic E-state index is 11.7. The van der Waals surface area contributed by atoms with Crippen molar-refractivity contribution in [2.45, 2.75) is 31.3 Å². The van der Waals surface area contributed by atoms with Gasteiger partial charge in [-0.05, 0) is 19.3 Å². The fraction of sp³-hybridized carbons (Fsp3) is 0.412. The zero-order valence-electron chi connectivity index (χ0n) is 12.9. The van der Waals surface area contributed by atoms with Gasteiger partial charge in [-0.25, -0.2) is 9.78 Å². The van der Waals surface area contributed by atoms with Crippen LogP contribution in [0.15, 0.2) is 35.7 Å². The van der Waals surface area contributed by atoms with Crippen molar-refractivity contribution in [1.29, 1.82) is 0 Å². The predicted molar refractivity (Wildman–Crippen MR) is 91.5 cm³/mol. The molecule has 1 fully saturated rings. The van der Waals surface area contributed by atoms with Crippen molar-refractivity contribution in [2.24, 2.45) is 0 Å². The molecule has 1 heterocycles. The maximum absolute atomic E-state index is 11.7.